The zero-order valence-corrected chi connectivity index (χ0v) is 22.2. The molecule has 0 aliphatic carbocycles. The van der Waals surface area contributed by atoms with E-state index in [4.69, 9.17) is 16.6 Å². The molecular weight excluding hydrogens is 506 g/mol. The van der Waals surface area contributed by atoms with Gasteiger partial charge in [0.2, 0.25) is 0 Å². The quantitative estimate of drug-likeness (QED) is 0.243. The lowest BCUT2D eigenvalue weighted by Crippen LogP contribution is -2.44. The lowest BCUT2D eigenvalue weighted by atomic mass is 10.0. The normalized spacial score (nSPS) is 11.8. The Balaban J connectivity index is 1.53. The molecule has 1 amide bonds. The van der Waals surface area contributed by atoms with E-state index < -0.39 is 17.9 Å². The molecule has 1 unspecified atom stereocenters. The number of rotatable bonds is 10. The fourth-order valence-corrected chi connectivity index (χ4v) is 4.84. The lowest BCUT2D eigenvalue weighted by Gasteiger charge is -2.22. The van der Waals surface area contributed by atoms with Gasteiger partial charge in [-0.05, 0) is 41.3 Å². The summed E-state index contributed by atoms with van der Waals surface area (Å²) in [7, 11) is 0. The van der Waals surface area contributed by atoms with Crippen molar-refractivity contribution in [1.29, 1.82) is 0 Å². The van der Waals surface area contributed by atoms with Crippen molar-refractivity contribution in [2.75, 3.05) is 4.90 Å². The van der Waals surface area contributed by atoms with Gasteiger partial charge >= 0.3 is 5.97 Å². The Kier molecular flexibility index (Phi) is 8.58. The van der Waals surface area contributed by atoms with E-state index in [1.54, 1.807) is 37.3 Å². The van der Waals surface area contributed by atoms with E-state index in [0.29, 0.717) is 23.7 Å². The number of hydrogen-bond donors (Lipinski definition) is 2. The molecule has 0 radical (unpaired) electrons. The Morgan fingerprint density at radius 3 is 2.16 bits per heavy atom. The maximum absolute atomic E-state index is 12.6. The van der Waals surface area contributed by atoms with Crippen LogP contribution in [-0.4, -0.2) is 28.0 Å². The Bertz CT molecular complexity index is 1340. The number of anilines is 1. The van der Waals surface area contributed by atoms with Crippen LogP contribution in [0.5, 0.6) is 0 Å². The highest BCUT2D eigenvalue weighted by Crippen LogP contribution is 2.30. The van der Waals surface area contributed by atoms with Crippen LogP contribution in [0, 0.1) is 5.92 Å². The first-order valence-corrected chi connectivity index (χ1v) is 13.2. The smallest absolute Gasteiger partial charge is 0.326 e. The zero-order chi connectivity index (χ0) is 26.4. The molecule has 0 aliphatic heterocycles. The molecule has 6 nitrogen and oxygen atoms in total. The van der Waals surface area contributed by atoms with Gasteiger partial charge in [0.1, 0.15) is 6.04 Å². The third kappa shape index (κ3) is 6.96. The van der Waals surface area contributed by atoms with Gasteiger partial charge in [-0.25, -0.2) is 9.78 Å². The number of carboxylic acid groups (broad SMARTS) is 1. The van der Waals surface area contributed by atoms with E-state index in [9.17, 15) is 14.7 Å². The Morgan fingerprint density at radius 2 is 1.57 bits per heavy atom. The molecule has 1 aromatic heterocycles. The number of carboxylic acids is 1. The van der Waals surface area contributed by atoms with E-state index in [0.717, 1.165) is 27.5 Å². The average molecular weight is 534 g/mol. The van der Waals surface area contributed by atoms with Gasteiger partial charge in [0.25, 0.3) is 5.91 Å². The molecule has 0 aliphatic rings. The molecular formula is C29H28ClN3O3S. The Labute approximate surface area is 225 Å². The summed E-state index contributed by atoms with van der Waals surface area (Å²) in [6.45, 7) is 4.79. The van der Waals surface area contributed by atoms with E-state index in [-0.39, 0.29) is 5.92 Å². The molecule has 3 aromatic carbocycles. The summed E-state index contributed by atoms with van der Waals surface area (Å²) in [5.41, 5.74) is 4.48. The first-order chi connectivity index (χ1) is 17.8. The molecule has 190 valence electrons. The van der Waals surface area contributed by atoms with Crippen molar-refractivity contribution in [3.8, 4) is 11.3 Å². The van der Waals surface area contributed by atoms with Crippen molar-refractivity contribution in [1.82, 2.24) is 10.3 Å². The largest absolute Gasteiger partial charge is 0.480 e. The van der Waals surface area contributed by atoms with Crippen LogP contribution in [0.25, 0.3) is 11.3 Å². The van der Waals surface area contributed by atoms with Crippen LogP contribution in [-0.2, 0) is 17.9 Å². The second-order valence-corrected chi connectivity index (χ2v) is 10.4. The average Bonchev–Trinajstić information content (AvgIpc) is 3.38. The summed E-state index contributed by atoms with van der Waals surface area (Å²) in [6, 6.07) is 24.1. The van der Waals surface area contributed by atoms with Crippen LogP contribution in [0.15, 0.2) is 84.2 Å². The van der Waals surface area contributed by atoms with Crippen molar-refractivity contribution >= 4 is 39.9 Å². The lowest BCUT2D eigenvalue weighted by molar-refractivity contribution is -0.140. The fourth-order valence-electron chi connectivity index (χ4n) is 3.88. The van der Waals surface area contributed by atoms with Crippen LogP contribution in [0.4, 0.5) is 5.13 Å². The second-order valence-electron chi connectivity index (χ2n) is 9.09. The molecule has 37 heavy (non-hydrogen) atoms. The predicted octanol–water partition coefficient (Wildman–Crippen LogP) is 6.51. The van der Waals surface area contributed by atoms with Gasteiger partial charge in [-0.15, -0.1) is 11.3 Å². The minimum atomic E-state index is -1.04. The third-order valence-corrected chi connectivity index (χ3v) is 7.08. The topological polar surface area (TPSA) is 82.5 Å². The first kappa shape index (κ1) is 26.4. The highest BCUT2D eigenvalue weighted by Gasteiger charge is 2.24. The molecule has 2 N–H and O–H groups in total. The molecule has 0 saturated heterocycles. The van der Waals surface area contributed by atoms with Gasteiger partial charge in [-0.2, -0.15) is 0 Å². The maximum atomic E-state index is 12.6. The molecule has 1 heterocycles. The summed E-state index contributed by atoms with van der Waals surface area (Å²) in [5.74, 6) is -1.66. The number of benzene rings is 3. The number of carbonyl (C=O) groups is 2. The highest BCUT2D eigenvalue weighted by molar-refractivity contribution is 7.14. The Hall–Kier alpha value is -3.68. The van der Waals surface area contributed by atoms with Gasteiger partial charge in [0.05, 0.1) is 5.69 Å². The number of aromatic nitrogens is 1. The third-order valence-electron chi connectivity index (χ3n) is 5.93. The standard InChI is InChI=1S/C29H28ClN3O3S/c1-19(2)26(28(35)36)32-27(34)23-10-8-21(9-11-23)17-33(16-20-6-4-3-5-7-20)29-31-25(18-37-29)22-12-14-24(30)15-13-22/h3-15,18-19,26H,16-17H2,1-2H3,(H,32,34)(H,35,36). The van der Waals surface area contributed by atoms with Crippen LogP contribution in [0.1, 0.15) is 35.3 Å². The summed E-state index contributed by atoms with van der Waals surface area (Å²) >= 11 is 7.62. The highest BCUT2D eigenvalue weighted by atomic mass is 35.5. The number of halogens is 1. The van der Waals surface area contributed by atoms with Gasteiger partial charge in [-0.3, -0.25) is 4.79 Å². The Morgan fingerprint density at radius 1 is 0.946 bits per heavy atom. The van der Waals surface area contributed by atoms with Crippen molar-refractivity contribution < 1.29 is 14.7 Å². The predicted molar refractivity (Wildman–Crippen MR) is 149 cm³/mol. The minimum Gasteiger partial charge on any atom is -0.480 e. The second kappa shape index (κ2) is 12.0. The van der Waals surface area contributed by atoms with Crippen molar-refractivity contribution in [2.24, 2.45) is 5.92 Å². The number of carbonyl (C=O) groups excluding carboxylic acids is 1. The fraction of sp³-hybridized carbons (Fsp3) is 0.207. The van der Waals surface area contributed by atoms with E-state index in [1.165, 1.54) is 0 Å². The number of aliphatic carboxylic acids is 1. The number of nitrogens with one attached hydrogen (secondary N) is 1. The first-order valence-electron chi connectivity index (χ1n) is 11.9. The molecule has 0 fully saturated rings. The van der Waals surface area contributed by atoms with Crippen molar-refractivity contribution in [3.63, 3.8) is 0 Å². The summed E-state index contributed by atoms with van der Waals surface area (Å²) in [6.07, 6.45) is 0. The number of hydrogen-bond acceptors (Lipinski definition) is 5. The summed E-state index contributed by atoms with van der Waals surface area (Å²) in [5, 5.41) is 15.6. The van der Waals surface area contributed by atoms with Gasteiger partial charge in [0.15, 0.2) is 5.13 Å². The SMILES string of the molecule is CC(C)C(NC(=O)c1ccc(CN(Cc2ccccc2)c2nc(-c3ccc(Cl)cc3)cs2)cc1)C(=O)O. The molecule has 4 rings (SSSR count). The maximum Gasteiger partial charge on any atom is 0.326 e. The molecule has 4 aromatic rings. The van der Waals surface area contributed by atoms with Crippen LogP contribution >= 0.6 is 22.9 Å². The van der Waals surface area contributed by atoms with Crippen LogP contribution in [0.3, 0.4) is 0 Å². The van der Waals surface area contributed by atoms with Crippen molar-refractivity contribution in [3.05, 3.63) is 106 Å². The van der Waals surface area contributed by atoms with Crippen molar-refractivity contribution in [2.45, 2.75) is 33.0 Å². The summed E-state index contributed by atoms with van der Waals surface area (Å²) < 4.78 is 0. The monoisotopic (exact) mass is 533 g/mol. The molecule has 0 saturated carbocycles. The van der Waals surface area contributed by atoms with Gasteiger partial charge in [0, 0.05) is 34.6 Å². The van der Waals surface area contributed by atoms with Gasteiger partial charge < -0.3 is 15.3 Å². The molecule has 0 spiro atoms. The summed E-state index contributed by atoms with van der Waals surface area (Å²) in [4.78, 5) is 31.2. The van der Waals surface area contributed by atoms with E-state index in [1.807, 2.05) is 60.0 Å². The van der Waals surface area contributed by atoms with E-state index in [2.05, 4.69) is 22.3 Å². The van der Waals surface area contributed by atoms with Crippen LogP contribution in [0.2, 0.25) is 5.02 Å². The molecule has 0 bridgehead atoms. The minimum absolute atomic E-state index is 0.219. The number of amides is 1. The number of nitrogens with zero attached hydrogens (tertiary/aromatic N) is 2. The zero-order valence-electron chi connectivity index (χ0n) is 20.6. The number of thiazole rings is 1. The van der Waals surface area contributed by atoms with Crippen LogP contribution < -0.4 is 10.2 Å². The molecule has 8 heteroatoms. The van der Waals surface area contributed by atoms with Gasteiger partial charge in [-0.1, -0.05) is 80.0 Å². The van der Waals surface area contributed by atoms with E-state index >= 15 is 0 Å². The molecule has 1 atom stereocenters.